The summed E-state index contributed by atoms with van der Waals surface area (Å²) in [5, 5.41) is 7.15. The Morgan fingerprint density at radius 3 is 2.58 bits per heavy atom. The Morgan fingerprint density at radius 1 is 1.04 bits per heavy atom. The van der Waals surface area contributed by atoms with Gasteiger partial charge in [0.25, 0.3) is 5.91 Å². The second-order valence-electron chi connectivity index (χ2n) is 6.36. The largest absolute Gasteiger partial charge is 0.307 e. The van der Waals surface area contributed by atoms with E-state index in [1.165, 1.54) is 0 Å². The summed E-state index contributed by atoms with van der Waals surface area (Å²) in [7, 11) is 0. The molecule has 1 N–H and O–H groups in total. The van der Waals surface area contributed by atoms with Crippen molar-refractivity contribution in [1.29, 1.82) is 0 Å². The van der Waals surface area contributed by atoms with Crippen LogP contribution in [0, 0.1) is 0 Å². The van der Waals surface area contributed by atoms with E-state index in [1.54, 1.807) is 23.3 Å². The second-order valence-corrected chi connectivity index (χ2v) is 6.36. The van der Waals surface area contributed by atoms with Gasteiger partial charge in [-0.3, -0.25) is 9.36 Å². The molecule has 26 heavy (non-hydrogen) atoms. The predicted octanol–water partition coefficient (Wildman–Crippen LogP) is 4.06. The number of carbonyl (C=O) groups is 1. The average molecular weight is 345 g/mol. The third-order valence-corrected chi connectivity index (χ3v) is 4.26. The van der Waals surface area contributed by atoms with Gasteiger partial charge in [0.2, 0.25) is 0 Å². The predicted molar refractivity (Wildman–Crippen MR) is 102 cm³/mol. The zero-order valence-electron chi connectivity index (χ0n) is 14.6. The highest BCUT2D eigenvalue weighted by atomic mass is 16.1. The molecule has 0 radical (unpaired) electrons. The van der Waals surface area contributed by atoms with Crippen molar-refractivity contribution in [3.8, 4) is 5.69 Å². The molecular weight excluding hydrogens is 326 g/mol. The highest BCUT2D eigenvalue weighted by molar-refractivity contribution is 6.03. The highest BCUT2D eigenvalue weighted by Gasteiger charge is 2.12. The Bertz CT molecular complexity index is 1060. The monoisotopic (exact) mass is 345 g/mol. The number of rotatable bonds is 4. The molecule has 2 heterocycles. The topological polar surface area (TPSA) is 64.7 Å². The van der Waals surface area contributed by atoms with E-state index in [4.69, 9.17) is 0 Å². The molecule has 0 aliphatic carbocycles. The molecule has 0 aliphatic heterocycles. The minimum absolute atomic E-state index is 0.158. The van der Waals surface area contributed by atoms with Crippen molar-refractivity contribution >= 4 is 22.8 Å². The van der Waals surface area contributed by atoms with Crippen LogP contribution in [0.15, 0.2) is 67.1 Å². The van der Waals surface area contributed by atoms with Crippen LogP contribution in [0.3, 0.4) is 0 Å². The molecule has 130 valence electrons. The van der Waals surface area contributed by atoms with E-state index >= 15 is 0 Å². The Balaban J connectivity index is 1.58. The lowest BCUT2D eigenvalue weighted by Crippen LogP contribution is -2.16. The molecule has 2 aromatic carbocycles. The lowest BCUT2D eigenvalue weighted by Gasteiger charge is -2.12. The second kappa shape index (κ2) is 6.48. The van der Waals surface area contributed by atoms with E-state index in [1.807, 2.05) is 66.9 Å². The first kappa shape index (κ1) is 16.1. The number of nitrogens with one attached hydrogen (secondary N) is 1. The quantitative estimate of drug-likeness (QED) is 0.607. The molecule has 0 bridgehead atoms. The number of imidazole rings is 1. The van der Waals surface area contributed by atoms with Gasteiger partial charge in [0.1, 0.15) is 12.1 Å². The lowest BCUT2D eigenvalue weighted by molar-refractivity contribution is 0.102. The first-order valence-corrected chi connectivity index (χ1v) is 8.51. The van der Waals surface area contributed by atoms with Crippen LogP contribution >= 0.6 is 0 Å². The normalized spacial score (nSPS) is 11.2. The number of hydrogen-bond acceptors (Lipinski definition) is 3. The van der Waals surface area contributed by atoms with Gasteiger partial charge in [-0.2, -0.15) is 5.10 Å². The molecule has 0 aliphatic rings. The van der Waals surface area contributed by atoms with Crippen LogP contribution in [0.25, 0.3) is 16.7 Å². The molecule has 6 nitrogen and oxygen atoms in total. The molecule has 2 aromatic heterocycles. The van der Waals surface area contributed by atoms with Crippen LogP contribution in [0.1, 0.15) is 30.2 Å². The Hall–Kier alpha value is -3.41. The van der Waals surface area contributed by atoms with E-state index in [2.05, 4.69) is 15.4 Å². The van der Waals surface area contributed by atoms with E-state index in [-0.39, 0.29) is 11.9 Å². The van der Waals surface area contributed by atoms with Gasteiger partial charge in [-0.1, -0.05) is 12.1 Å². The highest BCUT2D eigenvalue weighted by Crippen LogP contribution is 2.19. The smallest absolute Gasteiger partial charge is 0.256 e. The summed E-state index contributed by atoms with van der Waals surface area (Å²) >= 11 is 0. The van der Waals surface area contributed by atoms with Crippen LogP contribution in [-0.4, -0.2) is 25.2 Å². The van der Waals surface area contributed by atoms with Gasteiger partial charge in [-0.05, 0) is 50.2 Å². The Labute approximate surface area is 151 Å². The van der Waals surface area contributed by atoms with E-state index in [0.717, 1.165) is 16.7 Å². The van der Waals surface area contributed by atoms with Gasteiger partial charge in [-0.15, -0.1) is 0 Å². The third kappa shape index (κ3) is 2.86. The molecule has 0 spiro atoms. The number of carbonyl (C=O) groups excluding carboxylic acids is 1. The fourth-order valence-corrected chi connectivity index (χ4v) is 2.95. The van der Waals surface area contributed by atoms with E-state index in [9.17, 15) is 4.79 Å². The van der Waals surface area contributed by atoms with Crippen LogP contribution in [0.5, 0.6) is 0 Å². The Morgan fingerprint density at radius 2 is 1.81 bits per heavy atom. The van der Waals surface area contributed by atoms with Gasteiger partial charge >= 0.3 is 0 Å². The number of amides is 1. The van der Waals surface area contributed by atoms with E-state index in [0.29, 0.717) is 11.4 Å². The van der Waals surface area contributed by atoms with Crippen molar-refractivity contribution in [3.63, 3.8) is 0 Å². The zero-order chi connectivity index (χ0) is 18.1. The lowest BCUT2D eigenvalue weighted by atomic mass is 10.2. The standard InChI is InChI=1S/C20H19N5O/c1-14(2)25-19(11-12-22-25)23-20(26)15-7-9-16(10-8-15)24-13-21-17-5-3-4-6-18(17)24/h3-14H,1-2H3,(H,23,26). The first-order valence-electron chi connectivity index (χ1n) is 8.51. The van der Waals surface area contributed by atoms with Gasteiger partial charge in [0, 0.05) is 23.4 Å². The van der Waals surface area contributed by atoms with Gasteiger partial charge in [0.15, 0.2) is 0 Å². The minimum Gasteiger partial charge on any atom is -0.307 e. The summed E-state index contributed by atoms with van der Waals surface area (Å²) in [4.78, 5) is 16.9. The van der Waals surface area contributed by atoms with Gasteiger partial charge in [0.05, 0.1) is 17.2 Å². The van der Waals surface area contributed by atoms with Crippen LogP contribution in [0.4, 0.5) is 5.82 Å². The molecule has 0 fully saturated rings. The molecule has 0 saturated carbocycles. The third-order valence-electron chi connectivity index (χ3n) is 4.26. The number of anilines is 1. The van der Waals surface area contributed by atoms with E-state index < -0.39 is 0 Å². The molecule has 1 amide bonds. The summed E-state index contributed by atoms with van der Waals surface area (Å²) in [5.74, 6) is 0.532. The number of nitrogens with zero attached hydrogens (tertiary/aromatic N) is 4. The van der Waals surface area contributed by atoms with Crippen molar-refractivity contribution in [2.75, 3.05) is 5.32 Å². The van der Waals surface area contributed by atoms with Crippen molar-refractivity contribution in [1.82, 2.24) is 19.3 Å². The first-order chi connectivity index (χ1) is 12.6. The molecule has 4 aromatic rings. The Kier molecular flexibility index (Phi) is 4.01. The number of fused-ring (bicyclic) bond motifs is 1. The fourth-order valence-electron chi connectivity index (χ4n) is 2.95. The minimum atomic E-state index is -0.158. The number of hydrogen-bond donors (Lipinski definition) is 1. The maximum Gasteiger partial charge on any atom is 0.256 e. The molecule has 6 heteroatoms. The summed E-state index contributed by atoms with van der Waals surface area (Å²) < 4.78 is 3.79. The van der Waals surface area contributed by atoms with Crippen LogP contribution < -0.4 is 5.32 Å². The van der Waals surface area contributed by atoms with Crippen molar-refractivity contribution < 1.29 is 4.79 Å². The maximum atomic E-state index is 12.5. The summed E-state index contributed by atoms with van der Waals surface area (Å²) in [5.41, 5.74) is 3.53. The molecule has 4 rings (SSSR count). The average Bonchev–Trinajstić information content (AvgIpc) is 3.28. The van der Waals surface area contributed by atoms with Crippen LogP contribution in [0.2, 0.25) is 0 Å². The molecule has 0 saturated heterocycles. The fraction of sp³-hybridized carbons (Fsp3) is 0.150. The maximum absolute atomic E-state index is 12.5. The van der Waals surface area contributed by atoms with Crippen LogP contribution in [-0.2, 0) is 0 Å². The van der Waals surface area contributed by atoms with Gasteiger partial charge < -0.3 is 5.32 Å². The number of para-hydroxylation sites is 2. The zero-order valence-corrected chi connectivity index (χ0v) is 14.6. The SMILES string of the molecule is CC(C)n1nccc1NC(=O)c1ccc(-n2cnc3ccccc32)cc1. The molecule has 0 atom stereocenters. The van der Waals surface area contributed by atoms with Gasteiger partial charge in [-0.25, -0.2) is 9.67 Å². The number of aromatic nitrogens is 4. The van der Waals surface area contributed by atoms with Crippen molar-refractivity contribution in [3.05, 3.63) is 72.7 Å². The molecular formula is C20H19N5O. The summed E-state index contributed by atoms with van der Waals surface area (Å²) in [6, 6.07) is 17.4. The molecule has 0 unspecified atom stereocenters. The summed E-state index contributed by atoms with van der Waals surface area (Å²) in [6.45, 7) is 4.04. The number of benzene rings is 2. The van der Waals surface area contributed by atoms with Crippen molar-refractivity contribution in [2.45, 2.75) is 19.9 Å². The summed E-state index contributed by atoms with van der Waals surface area (Å²) in [6.07, 6.45) is 3.48. The van der Waals surface area contributed by atoms with Crippen molar-refractivity contribution in [2.24, 2.45) is 0 Å².